The van der Waals surface area contributed by atoms with Crippen LogP contribution >= 0.6 is 11.8 Å². The number of hydrogen-bond donors (Lipinski definition) is 1. The summed E-state index contributed by atoms with van der Waals surface area (Å²) in [6.07, 6.45) is 1.56. The number of carbonyl (C=O) groups excluding carboxylic acids is 1. The summed E-state index contributed by atoms with van der Waals surface area (Å²) in [5.41, 5.74) is -0.246. The number of piperidine rings is 1. The Hall–Kier alpha value is -2.29. The van der Waals surface area contributed by atoms with E-state index in [0.717, 1.165) is 25.1 Å². The molecule has 0 spiro atoms. The summed E-state index contributed by atoms with van der Waals surface area (Å²) in [6, 6.07) is 5.75. The van der Waals surface area contributed by atoms with E-state index in [1.165, 1.54) is 17.8 Å². The first-order valence-electron chi connectivity index (χ1n) is 8.46. The molecule has 1 aliphatic rings. The molecular formula is C18H19F3N4OS. The third-order valence-corrected chi connectivity index (χ3v) is 5.08. The molecule has 0 aliphatic carbocycles. The van der Waals surface area contributed by atoms with Crippen molar-refractivity contribution in [1.29, 1.82) is 0 Å². The summed E-state index contributed by atoms with van der Waals surface area (Å²) in [5.74, 6) is 0.285. The molecule has 1 aliphatic heterocycles. The molecule has 0 bridgehead atoms. The molecule has 2 aromatic heterocycles. The number of rotatable bonds is 4. The van der Waals surface area contributed by atoms with Crippen molar-refractivity contribution in [3.05, 3.63) is 47.8 Å². The number of alkyl halides is 3. The minimum Gasteiger partial charge on any atom is -0.355 e. The lowest BCUT2D eigenvalue weighted by Crippen LogP contribution is -2.48. The summed E-state index contributed by atoms with van der Waals surface area (Å²) in [6.45, 7) is 1.19. The number of pyridine rings is 2. The molecular weight excluding hydrogens is 377 g/mol. The zero-order valence-electron chi connectivity index (χ0n) is 14.7. The van der Waals surface area contributed by atoms with Crippen molar-refractivity contribution < 1.29 is 18.0 Å². The first-order chi connectivity index (χ1) is 12.9. The van der Waals surface area contributed by atoms with Crippen molar-refractivity contribution in [2.45, 2.75) is 30.1 Å². The van der Waals surface area contributed by atoms with Gasteiger partial charge >= 0.3 is 6.18 Å². The van der Waals surface area contributed by atoms with Crippen LogP contribution in [0.2, 0.25) is 0 Å². The highest BCUT2D eigenvalue weighted by molar-refractivity contribution is 7.98. The van der Waals surface area contributed by atoms with Crippen molar-refractivity contribution in [3.63, 3.8) is 0 Å². The Morgan fingerprint density at radius 1 is 1.30 bits per heavy atom. The number of amides is 1. The van der Waals surface area contributed by atoms with Gasteiger partial charge in [0, 0.05) is 31.5 Å². The molecule has 1 atom stereocenters. The average Bonchev–Trinajstić information content (AvgIpc) is 2.67. The van der Waals surface area contributed by atoms with Crippen LogP contribution in [0.3, 0.4) is 0 Å². The highest BCUT2D eigenvalue weighted by Crippen LogP contribution is 2.29. The van der Waals surface area contributed by atoms with Gasteiger partial charge in [0.1, 0.15) is 10.8 Å². The number of anilines is 1. The van der Waals surface area contributed by atoms with E-state index >= 15 is 0 Å². The summed E-state index contributed by atoms with van der Waals surface area (Å²) in [5, 5.41) is 3.66. The Labute approximate surface area is 159 Å². The highest BCUT2D eigenvalue weighted by atomic mass is 32.2. The quantitative estimate of drug-likeness (QED) is 0.800. The number of hydrogen-bond acceptors (Lipinski definition) is 5. The molecule has 1 fully saturated rings. The fourth-order valence-electron chi connectivity index (χ4n) is 3.03. The van der Waals surface area contributed by atoms with E-state index in [-0.39, 0.29) is 11.9 Å². The second-order valence-electron chi connectivity index (χ2n) is 6.22. The van der Waals surface area contributed by atoms with Gasteiger partial charge in [-0.15, -0.1) is 11.8 Å². The standard InChI is InChI=1S/C18H19F3N4OS/c1-27-17-14(5-2-8-22-17)16(26)24-13-4-3-9-25(11-13)15-7-6-12(10-23-15)18(19,20)21/h2,5-8,10,13H,3-4,9,11H2,1H3,(H,24,26)/t13-/m1/s1. The van der Waals surface area contributed by atoms with Gasteiger partial charge in [-0.1, -0.05) is 0 Å². The van der Waals surface area contributed by atoms with Gasteiger partial charge < -0.3 is 10.2 Å². The maximum Gasteiger partial charge on any atom is 0.417 e. The number of nitrogens with zero attached hydrogens (tertiary/aromatic N) is 3. The minimum absolute atomic E-state index is 0.106. The van der Waals surface area contributed by atoms with Gasteiger partial charge in [0.15, 0.2) is 0 Å². The second kappa shape index (κ2) is 8.16. The van der Waals surface area contributed by atoms with Crippen LogP contribution in [-0.2, 0) is 6.18 Å². The van der Waals surface area contributed by atoms with Crippen LogP contribution in [0.5, 0.6) is 0 Å². The largest absolute Gasteiger partial charge is 0.417 e. The van der Waals surface area contributed by atoms with Gasteiger partial charge in [-0.05, 0) is 43.4 Å². The van der Waals surface area contributed by atoms with Crippen LogP contribution in [-0.4, -0.2) is 41.3 Å². The summed E-state index contributed by atoms with van der Waals surface area (Å²) in [4.78, 5) is 22.6. The number of nitrogens with one attached hydrogen (secondary N) is 1. The Morgan fingerprint density at radius 2 is 2.11 bits per heavy atom. The molecule has 2 aromatic rings. The molecule has 27 heavy (non-hydrogen) atoms. The SMILES string of the molecule is CSc1ncccc1C(=O)N[C@@H]1CCCN(c2ccc(C(F)(F)F)cn2)C1. The molecule has 1 N–H and O–H groups in total. The molecule has 0 saturated carbocycles. The van der Waals surface area contributed by atoms with Crippen LogP contribution in [0.15, 0.2) is 41.7 Å². The van der Waals surface area contributed by atoms with Crippen LogP contribution in [0.4, 0.5) is 19.0 Å². The smallest absolute Gasteiger partial charge is 0.355 e. The maximum atomic E-state index is 12.7. The van der Waals surface area contributed by atoms with Gasteiger partial charge in [-0.2, -0.15) is 13.2 Å². The van der Waals surface area contributed by atoms with Crippen molar-refractivity contribution in [2.24, 2.45) is 0 Å². The zero-order valence-corrected chi connectivity index (χ0v) is 15.5. The summed E-state index contributed by atoms with van der Waals surface area (Å²) < 4.78 is 38.0. The molecule has 0 aromatic carbocycles. The first-order valence-corrected chi connectivity index (χ1v) is 9.69. The second-order valence-corrected chi connectivity index (χ2v) is 7.02. The fourth-order valence-corrected chi connectivity index (χ4v) is 3.58. The average molecular weight is 396 g/mol. The Balaban J connectivity index is 1.66. The van der Waals surface area contributed by atoms with Crippen molar-refractivity contribution in [1.82, 2.24) is 15.3 Å². The Morgan fingerprint density at radius 3 is 2.78 bits per heavy atom. The number of halogens is 3. The zero-order chi connectivity index (χ0) is 19.4. The van der Waals surface area contributed by atoms with Gasteiger partial charge in [0.2, 0.25) is 0 Å². The lowest BCUT2D eigenvalue weighted by Gasteiger charge is -2.34. The Bertz CT molecular complexity index is 798. The van der Waals surface area contributed by atoms with E-state index in [1.54, 1.807) is 18.3 Å². The van der Waals surface area contributed by atoms with E-state index < -0.39 is 11.7 Å². The summed E-state index contributed by atoms with van der Waals surface area (Å²) in [7, 11) is 0. The minimum atomic E-state index is -4.40. The lowest BCUT2D eigenvalue weighted by atomic mass is 10.0. The number of aromatic nitrogens is 2. The maximum absolute atomic E-state index is 12.7. The lowest BCUT2D eigenvalue weighted by molar-refractivity contribution is -0.137. The van der Waals surface area contributed by atoms with Gasteiger partial charge in [-0.3, -0.25) is 4.79 Å². The fraction of sp³-hybridized carbons (Fsp3) is 0.389. The van der Waals surface area contributed by atoms with E-state index in [1.807, 2.05) is 11.2 Å². The van der Waals surface area contributed by atoms with E-state index in [0.29, 0.717) is 29.5 Å². The van der Waals surface area contributed by atoms with Crippen molar-refractivity contribution >= 4 is 23.5 Å². The predicted octanol–water partition coefficient (Wildman–Crippen LogP) is 3.62. The molecule has 9 heteroatoms. The topological polar surface area (TPSA) is 58.1 Å². The molecule has 3 heterocycles. The molecule has 144 valence electrons. The molecule has 1 amide bonds. The van der Waals surface area contributed by atoms with Gasteiger partial charge in [0.05, 0.1) is 11.1 Å². The van der Waals surface area contributed by atoms with E-state index in [4.69, 9.17) is 0 Å². The van der Waals surface area contributed by atoms with Crippen LogP contribution in [0.25, 0.3) is 0 Å². The van der Waals surface area contributed by atoms with Crippen molar-refractivity contribution in [3.8, 4) is 0 Å². The molecule has 0 unspecified atom stereocenters. The van der Waals surface area contributed by atoms with E-state index in [2.05, 4.69) is 15.3 Å². The van der Waals surface area contributed by atoms with Gasteiger partial charge in [0.25, 0.3) is 5.91 Å². The normalized spacial score (nSPS) is 17.6. The number of carbonyl (C=O) groups is 1. The molecule has 1 saturated heterocycles. The number of thioether (sulfide) groups is 1. The van der Waals surface area contributed by atoms with Gasteiger partial charge in [-0.25, -0.2) is 9.97 Å². The molecule has 0 radical (unpaired) electrons. The van der Waals surface area contributed by atoms with E-state index in [9.17, 15) is 18.0 Å². The van der Waals surface area contributed by atoms with Crippen LogP contribution < -0.4 is 10.2 Å². The highest BCUT2D eigenvalue weighted by Gasteiger charge is 2.31. The third kappa shape index (κ3) is 4.71. The molecule has 3 rings (SSSR count). The predicted molar refractivity (Wildman–Crippen MR) is 98.0 cm³/mol. The monoisotopic (exact) mass is 396 g/mol. The third-order valence-electron chi connectivity index (χ3n) is 4.36. The Kier molecular flexibility index (Phi) is 5.88. The van der Waals surface area contributed by atoms with Crippen LogP contribution in [0.1, 0.15) is 28.8 Å². The first kappa shape index (κ1) is 19.5. The summed E-state index contributed by atoms with van der Waals surface area (Å²) >= 11 is 1.40. The van der Waals surface area contributed by atoms with Crippen molar-refractivity contribution in [2.75, 3.05) is 24.2 Å². The van der Waals surface area contributed by atoms with Crippen LogP contribution in [0, 0.1) is 0 Å². The molecule has 5 nitrogen and oxygen atoms in total.